The fourth-order valence-corrected chi connectivity index (χ4v) is 4.50. The van der Waals surface area contributed by atoms with E-state index in [2.05, 4.69) is 4.98 Å². The number of carbonyl (C=O) groups excluding carboxylic acids is 1. The summed E-state index contributed by atoms with van der Waals surface area (Å²) in [5.41, 5.74) is -0.139. The highest BCUT2D eigenvalue weighted by atomic mass is 19.4. The van der Waals surface area contributed by atoms with Crippen LogP contribution in [-0.4, -0.2) is 44.7 Å². The normalized spacial score (nSPS) is 27.6. The van der Waals surface area contributed by atoms with Crippen LogP contribution in [0.2, 0.25) is 0 Å². The van der Waals surface area contributed by atoms with Gasteiger partial charge in [0, 0.05) is 25.5 Å². The second-order valence-electron chi connectivity index (χ2n) is 7.81. The number of alkyl halides is 3. The summed E-state index contributed by atoms with van der Waals surface area (Å²) in [6, 6.07) is 4.72. The van der Waals surface area contributed by atoms with Crippen LogP contribution in [0, 0.1) is 11.8 Å². The number of likely N-dealkylation sites (tertiary alicyclic amines) is 1. The molecule has 2 aromatic rings. The first-order valence-corrected chi connectivity index (χ1v) is 9.40. The lowest BCUT2D eigenvalue weighted by Gasteiger charge is -2.35. The average Bonchev–Trinajstić information content (AvgIpc) is 3.30. The van der Waals surface area contributed by atoms with Crippen LogP contribution in [0.1, 0.15) is 30.0 Å². The van der Waals surface area contributed by atoms with Crippen molar-refractivity contribution in [2.24, 2.45) is 11.8 Å². The number of hydrogen-bond acceptors (Lipinski definition) is 3. The van der Waals surface area contributed by atoms with Gasteiger partial charge in [0.1, 0.15) is 0 Å². The molecular formula is C20H22F3N3O2. The molecule has 2 fully saturated rings. The summed E-state index contributed by atoms with van der Waals surface area (Å²) >= 11 is 0. The Morgan fingerprint density at radius 1 is 1.14 bits per heavy atom. The van der Waals surface area contributed by atoms with Crippen LogP contribution in [0.3, 0.4) is 0 Å². The molecule has 2 heterocycles. The predicted molar refractivity (Wildman–Crippen MR) is 95.2 cm³/mol. The van der Waals surface area contributed by atoms with Gasteiger partial charge in [0.25, 0.3) is 0 Å². The van der Waals surface area contributed by atoms with E-state index in [4.69, 9.17) is 0 Å². The molecule has 0 bridgehead atoms. The van der Waals surface area contributed by atoms with Crippen LogP contribution < -0.4 is 0 Å². The van der Waals surface area contributed by atoms with Crippen molar-refractivity contribution in [3.05, 3.63) is 54.1 Å². The van der Waals surface area contributed by atoms with E-state index >= 15 is 0 Å². The molecule has 1 N–H and O–H groups in total. The van der Waals surface area contributed by atoms with Gasteiger partial charge in [0.15, 0.2) is 0 Å². The highest BCUT2D eigenvalue weighted by molar-refractivity contribution is 5.79. The highest BCUT2D eigenvalue weighted by Gasteiger charge is 2.43. The third kappa shape index (κ3) is 3.78. The molecule has 8 heteroatoms. The number of aromatic nitrogens is 2. The van der Waals surface area contributed by atoms with Crippen LogP contribution in [0.4, 0.5) is 13.2 Å². The van der Waals surface area contributed by atoms with Crippen LogP contribution in [-0.2, 0) is 17.4 Å². The van der Waals surface area contributed by atoms with E-state index in [9.17, 15) is 23.1 Å². The van der Waals surface area contributed by atoms with E-state index in [0.29, 0.717) is 31.0 Å². The van der Waals surface area contributed by atoms with Crippen molar-refractivity contribution in [3.63, 3.8) is 0 Å². The fourth-order valence-electron chi connectivity index (χ4n) is 4.50. The number of halogens is 3. The molecule has 1 saturated carbocycles. The quantitative estimate of drug-likeness (QED) is 0.873. The summed E-state index contributed by atoms with van der Waals surface area (Å²) < 4.78 is 39.9. The number of amides is 1. The van der Waals surface area contributed by atoms with Crippen molar-refractivity contribution >= 4 is 5.91 Å². The summed E-state index contributed by atoms with van der Waals surface area (Å²) in [6.45, 7) is 1.22. The first-order chi connectivity index (χ1) is 13.3. The number of benzene rings is 1. The highest BCUT2D eigenvalue weighted by Crippen LogP contribution is 2.41. The number of hydrogen-bond donors (Lipinski definition) is 1. The van der Waals surface area contributed by atoms with Crippen LogP contribution in [0.25, 0.3) is 0 Å². The Bertz CT molecular complexity index is 820. The van der Waals surface area contributed by atoms with Gasteiger partial charge in [-0.3, -0.25) is 4.79 Å². The minimum atomic E-state index is -4.38. The second-order valence-corrected chi connectivity index (χ2v) is 7.81. The molecule has 0 spiro atoms. The molecule has 4 atom stereocenters. The Hall–Kier alpha value is -2.35. The molecule has 1 aromatic carbocycles. The second kappa shape index (κ2) is 7.24. The van der Waals surface area contributed by atoms with Crippen LogP contribution in [0.15, 0.2) is 43.0 Å². The zero-order valence-corrected chi connectivity index (χ0v) is 15.2. The summed E-state index contributed by atoms with van der Waals surface area (Å²) in [4.78, 5) is 18.5. The van der Waals surface area contributed by atoms with Gasteiger partial charge in [-0.05, 0) is 42.4 Å². The number of imidazole rings is 1. The molecule has 1 aliphatic carbocycles. The lowest BCUT2D eigenvalue weighted by Crippen LogP contribution is -2.35. The first kappa shape index (κ1) is 19.0. The molecule has 1 aliphatic heterocycles. The lowest BCUT2D eigenvalue weighted by atomic mass is 9.77. The molecule has 150 valence electrons. The van der Waals surface area contributed by atoms with Gasteiger partial charge in [0.05, 0.1) is 30.5 Å². The minimum Gasteiger partial charge on any atom is -0.391 e. The molecule has 0 radical (unpaired) electrons. The molecule has 5 nitrogen and oxygen atoms in total. The molecule has 1 amide bonds. The molecule has 1 aromatic heterocycles. The molecular weight excluding hydrogens is 371 g/mol. The Labute approximate surface area is 160 Å². The summed E-state index contributed by atoms with van der Waals surface area (Å²) in [6.07, 6.45) is 1.90. The van der Waals surface area contributed by atoms with Gasteiger partial charge in [-0.25, -0.2) is 4.98 Å². The maximum Gasteiger partial charge on any atom is 0.416 e. The monoisotopic (exact) mass is 393 g/mol. The minimum absolute atomic E-state index is 0.0336. The van der Waals surface area contributed by atoms with Crippen molar-refractivity contribution in [2.45, 2.75) is 37.6 Å². The molecule has 4 rings (SSSR count). The number of nitrogens with zero attached hydrogens (tertiary/aromatic N) is 3. The zero-order valence-electron chi connectivity index (χ0n) is 15.2. The standard InChI is InChI=1S/C20H22F3N3O2/c21-20(22,23)16-3-1-13(2-4-16)7-19(28)26-10-14-8-17(25-6-5-24-12-25)18(27)9-15(14)11-26/h1-6,12,14-15,17-18,27H,7-11H2/t14-,15+,17-,18-/m1/s1. The average molecular weight is 393 g/mol. The fraction of sp³-hybridized carbons (Fsp3) is 0.500. The SMILES string of the molecule is O=C(Cc1ccc(C(F)(F)F)cc1)N1C[C@H]2C[C@@H](n3ccnc3)[C@H](O)C[C@H]2C1. The third-order valence-corrected chi connectivity index (χ3v) is 6.01. The number of rotatable bonds is 3. The van der Waals surface area contributed by atoms with Crippen LogP contribution in [0.5, 0.6) is 0 Å². The van der Waals surface area contributed by atoms with E-state index < -0.39 is 17.8 Å². The van der Waals surface area contributed by atoms with Gasteiger partial charge in [0.2, 0.25) is 5.91 Å². The van der Waals surface area contributed by atoms with Gasteiger partial charge < -0.3 is 14.6 Å². The van der Waals surface area contributed by atoms with E-state index in [1.54, 1.807) is 17.4 Å². The number of carbonyl (C=O) groups is 1. The smallest absolute Gasteiger partial charge is 0.391 e. The van der Waals surface area contributed by atoms with E-state index in [1.165, 1.54) is 12.1 Å². The van der Waals surface area contributed by atoms with Gasteiger partial charge >= 0.3 is 6.18 Å². The summed E-state index contributed by atoms with van der Waals surface area (Å²) in [7, 11) is 0. The van der Waals surface area contributed by atoms with Crippen molar-refractivity contribution in [2.75, 3.05) is 13.1 Å². The lowest BCUT2D eigenvalue weighted by molar-refractivity contribution is -0.137. The number of aliphatic hydroxyl groups excluding tert-OH is 1. The van der Waals surface area contributed by atoms with E-state index in [1.807, 2.05) is 10.8 Å². The predicted octanol–water partition coefficient (Wildman–Crippen LogP) is 2.92. The molecule has 2 aliphatic rings. The van der Waals surface area contributed by atoms with Gasteiger partial charge in [-0.1, -0.05) is 12.1 Å². The third-order valence-electron chi connectivity index (χ3n) is 6.01. The van der Waals surface area contributed by atoms with Crippen molar-refractivity contribution in [1.82, 2.24) is 14.5 Å². The molecule has 1 saturated heterocycles. The molecule has 28 heavy (non-hydrogen) atoms. The summed E-state index contributed by atoms with van der Waals surface area (Å²) in [5, 5.41) is 10.5. The zero-order chi connectivity index (χ0) is 19.9. The van der Waals surface area contributed by atoms with Crippen LogP contribution >= 0.6 is 0 Å². The first-order valence-electron chi connectivity index (χ1n) is 9.40. The van der Waals surface area contributed by atoms with Gasteiger partial charge in [-0.15, -0.1) is 0 Å². The maximum atomic E-state index is 12.7. The Balaban J connectivity index is 1.38. The van der Waals surface area contributed by atoms with E-state index in [-0.39, 0.29) is 24.3 Å². The van der Waals surface area contributed by atoms with Crippen molar-refractivity contribution < 1.29 is 23.1 Å². The van der Waals surface area contributed by atoms with Crippen molar-refractivity contribution in [3.8, 4) is 0 Å². The number of aliphatic hydroxyl groups is 1. The summed E-state index contributed by atoms with van der Waals surface area (Å²) in [5.74, 6) is 0.488. The van der Waals surface area contributed by atoms with Gasteiger partial charge in [-0.2, -0.15) is 13.2 Å². The Morgan fingerprint density at radius 2 is 1.82 bits per heavy atom. The Morgan fingerprint density at radius 3 is 2.43 bits per heavy atom. The number of fused-ring (bicyclic) bond motifs is 1. The largest absolute Gasteiger partial charge is 0.416 e. The Kier molecular flexibility index (Phi) is 4.91. The maximum absolute atomic E-state index is 12.7. The van der Waals surface area contributed by atoms with E-state index in [0.717, 1.165) is 18.6 Å². The topological polar surface area (TPSA) is 58.4 Å². The van der Waals surface area contributed by atoms with Crippen molar-refractivity contribution in [1.29, 1.82) is 0 Å². The molecule has 0 unspecified atom stereocenters.